The minimum Gasteiger partial charge on any atom is -0.346 e. The van der Waals surface area contributed by atoms with E-state index < -0.39 is 58.2 Å². The van der Waals surface area contributed by atoms with Gasteiger partial charge in [-0.05, 0) is 60.7 Å². The van der Waals surface area contributed by atoms with Crippen LogP contribution in [-0.4, -0.2) is 99.0 Å². The topological polar surface area (TPSA) is 157 Å². The number of ketones is 1. The number of Topliss-reactive ketones (excluding diaryl/α,β-unsaturated/α-hetero) is 1. The molecule has 0 aromatic heterocycles. The molecule has 4 fully saturated rings. The molecule has 0 aromatic rings. The molecule has 2 aliphatic carbocycles. The molecule has 0 spiro atoms. The van der Waals surface area contributed by atoms with Gasteiger partial charge in [0.1, 0.15) is 12.1 Å². The zero-order valence-corrected chi connectivity index (χ0v) is 31.4. The highest BCUT2D eigenvalue weighted by Gasteiger charge is 2.70. The lowest BCUT2D eigenvalue weighted by molar-refractivity contribution is -0.145. The fraction of sp³-hybridized carbons (Fsp3) is 0.757. The van der Waals surface area contributed by atoms with Crippen molar-refractivity contribution in [3.05, 3.63) is 12.7 Å². The third-order valence-electron chi connectivity index (χ3n) is 11.2. The Kier molecular flexibility index (Phi) is 13.3. The van der Waals surface area contributed by atoms with Crippen LogP contribution in [0.5, 0.6) is 0 Å². The van der Waals surface area contributed by atoms with Crippen molar-refractivity contribution in [2.24, 2.45) is 28.6 Å². The number of amides is 5. The molecular weight excluding hydrogens is 657 g/mol. The summed E-state index contributed by atoms with van der Waals surface area (Å²) in [6, 6.07) is -3.69. The van der Waals surface area contributed by atoms with E-state index in [1.54, 1.807) is 4.90 Å². The Hall–Kier alpha value is -3.24. The fourth-order valence-corrected chi connectivity index (χ4v) is 9.49. The summed E-state index contributed by atoms with van der Waals surface area (Å²) in [6.45, 7) is 14.9. The summed E-state index contributed by atoms with van der Waals surface area (Å²) >= 11 is 0. The Bertz CT molecular complexity index is 1360. The van der Waals surface area contributed by atoms with Crippen molar-refractivity contribution in [1.82, 2.24) is 30.5 Å². The standard InChI is InChI=1S/C37H58N6O6S/c1-8-10-18-26(30(44)33(46)38-19-9-2)39-32(45)29-28-25(37(28,6)7)22-43(29)34(47)31(36(3,4)5)41-35(48)40-27(24-16-12-11-13-17-24)23-42-20-14-15-21-50(42)49/h1,9,24-29,31H,2,10-23H2,3-7H3,(H,38,46)(H,39,45)(H2,40,41,48)/t25?,26?,27-,28?,29+,31-,50?/m1/s1. The zero-order valence-electron chi connectivity index (χ0n) is 30.6. The first-order chi connectivity index (χ1) is 23.6. The van der Waals surface area contributed by atoms with Gasteiger partial charge >= 0.3 is 6.03 Å². The lowest BCUT2D eigenvalue weighted by atomic mass is 9.83. The SMILES string of the molecule is C#CCCC(NC(=O)[C@@H]1C2C(CN1C(=O)[C@@H](NC(=O)N[C@H](CN1CCCCS1=O)C1CCCCC1)C(C)(C)C)C2(C)C)C(=O)C(=O)NCC=C. The minimum absolute atomic E-state index is 0.0634. The van der Waals surface area contributed by atoms with Gasteiger partial charge < -0.3 is 26.2 Å². The van der Waals surface area contributed by atoms with Gasteiger partial charge in [-0.1, -0.05) is 60.0 Å². The van der Waals surface area contributed by atoms with Crippen LogP contribution in [0.1, 0.15) is 92.4 Å². The average molecular weight is 715 g/mol. The van der Waals surface area contributed by atoms with E-state index in [2.05, 4.69) is 47.6 Å². The van der Waals surface area contributed by atoms with E-state index in [-0.39, 0.29) is 54.5 Å². The van der Waals surface area contributed by atoms with Crippen molar-refractivity contribution >= 4 is 40.5 Å². The van der Waals surface area contributed by atoms with Gasteiger partial charge in [-0.3, -0.25) is 19.2 Å². The maximum atomic E-state index is 14.5. The van der Waals surface area contributed by atoms with Crippen LogP contribution < -0.4 is 21.3 Å². The number of nitrogens with one attached hydrogen (secondary N) is 4. The monoisotopic (exact) mass is 714 g/mol. The summed E-state index contributed by atoms with van der Waals surface area (Å²) in [5.41, 5.74) is -0.913. The number of carbonyl (C=O) groups is 5. The van der Waals surface area contributed by atoms with Gasteiger partial charge in [0.15, 0.2) is 0 Å². The van der Waals surface area contributed by atoms with E-state index >= 15 is 0 Å². The van der Waals surface area contributed by atoms with Gasteiger partial charge in [-0.25, -0.2) is 13.3 Å². The third kappa shape index (κ3) is 9.35. The number of hydrogen-bond acceptors (Lipinski definition) is 6. The molecule has 4 rings (SSSR count). The lowest BCUT2D eigenvalue weighted by Gasteiger charge is -2.39. The third-order valence-corrected chi connectivity index (χ3v) is 12.7. The average Bonchev–Trinajstić information content (AvgIpc) is 3.38. The smallest absolute Gasteiger partial charge is 0.315 e. The fourth-order valence-electron chi connectivity index (χ4n) is 8.12. The van der Waals surface area contributed by atoms with E-state index in [4.69, 9.17) is 6.42 Å². The number of fused-ring (bicyclic) bond motifs is 1. The summed E-state index contributed by atoms with van der Waals surface area (Å²) in [6.07, 6.45) is 14.3. The number of nitrogens with zero attached hydrogens (tertiary/aromatic N) is 2. The Morgan fingerprint density at radius 1 is 1.04 bits per heavy atom. The van der Waals surface area contributed by atoms with Gasteiger partial charge in [-0.2, -0.15) is 0 Å². The molecule has 4 unspecified atom stereocenters. The van der Waals surface area contributed by atoms with Gasteiger partial charge in [0, 0.05) is 44.4 Å². The largest absolute Gasteiger partial charge is 0.346 e. The van der Waals surface area contributed by atoms with Crippen LogP contribution in [0, 0.1) is 40.9 Å². The quantitative estimate of drug-likeness (QED) is 0.123. The predicted molar refractivity (Wildman–Crippen MR) is 194 cm³/mol. The van der Waals surface area contributed by atoms with Crippen molar-refractivity contribution in [3.8, 4) is 12.3 Å². The number of rotatable bonds is 14. The molecule has 0 bridgehead atoms. The normalized spacial score (nSPS) is 26.7. The molecule has 2 heterocycles. The number of piperidine rings is 1. The summed E-state index contributed by atoms with van der Waals surface area (Å²) < 4.78 is 14.8. The molecule has 5 amide bonds. The second-order valence-electron chi connectivity index (χ2n) is 16.1. The Morgan fingerprint density at radius 3 is 2.36 bits per heavy atom. The molecule has 0 aromatic carbocycles. The Morgan fingerprint density at radius 2 is 1.74 bits per heavy atom. The Balaban J connectivity index is 1.52. The van der Waals surface area contributed by atoms with Gasteiger partial charge in [0.25, 0.3) is 5.91 Å². The van der Waals surface area contributed by atoms with Crippen molar-refractivity contribution in [2.75, 3.05) is 31.9 Å². The van der Waals surface area contributed by atoms with Gasteiger partial charge in [-0.15, -0.1) is 18.9 Å². The predicted octanol–water partition coefficient (Wildman–Crippen LogP) is 2.66. The van der Waals surface area contributed by atoms with Gasteiger partial charge in [0.2, 0.25) is 17.6 Å². The molecule has 4 aliphatic rings. The highest BCUT2D eigenvalue weighted by molar-refractivity contribution is 7.82. The first-order valence-corrected chi connectivity index (χ1v) is 19.6. The molecule has 0 radical (unpaired) electrons. The number of likely N-dealkylation sites (tertiary alicyclic amines) is 1. The number of urea groups is 1. The van der Waals surface area contributed by atoms with Gasteiger partial charge in [0.05, 0.1) is 17.0 Å². The summed E-state index contributed by atoms with van der Waals surface area (Å²) in [7, 11) is -1.07. The van der Waals surface area contributed by atoms with Crippen molar-refractivity contribution in [1.29, 1.82) is 0 Å². The highest BCUT2D eigenvalue weighted by Crippen LogP contribution is 2.65. The molecule has 50 heavy (non-hydrogen) atoms. The molecule has 13 heteroatoms. The van der Waals surface area contributed by atoms with Crippen LogP contribution in [0.15, 0.2) is 12.7 Å². The van der Waals surface area contributed by atoms with Crippen LogP contribution >= 0.6 is 0 Å². The van der Waals surface area contributed by atoms with E-state index in [0.29, 0.717) is 18.8 Å². The Labute approximate surface area is 300 Å². The number of terminal acetylenes is 1. The van der Waals surface area contributed by atoms with Crippen LogP contribution in [-0.2, 0) is 30.2 Å². The molecular formula is C37H58N6O6S. The molecule has 2 saturated heterocycles. The summed E-state index contributed by atoms with van der Waals surface area (Å²) in [5.74, 6) is 0.697. The number of hydrogen-bond donors (Lipinski definition) is 4. The first-order valence-electron chi connectivity index (χ1n) is 18.3. The molecule has 2 saturated carbocycles. The second-order valence-corrected chi connectivity index (χ2v) is 17.7. The van der Waals surface area contributed by atoms with E-state index in [1.165, 1.54) is 6.08 Å². The molecule has 4 N–H and O–H groups in total. The van der Waals surface area contributed by atoms with Crippen LogP contribution in [0.3, 0.4) is 0 Å². The summed E-state index contributed by atoms with van der Waals surface area (Å²) in [4.78, 5) is 69.4. The molecule has 278 valence electrons. The second kappa shape index (κ2) is 16.9. The van der Waals surface area contributed by atoms with E-state index in [0.717, 1.165) is 51.5 Å². The van der Waals surface area contributed by atoms with Crippen molar-refractivity contribution in [2.45, 2.75) is 117 Å². The van der Waals surface area contributed by atoms with Crippen molar-refractivity contribution < 1.29 is 28.2 Å². The number of carbonyl (C=O) groups excluding carboxylic acids is 5. The van der Waals surface area contributed by atoms with Crippen LogP contribution in [0.25, 0.3) is 0 Å². The van der Waals surface area contributed by atoms with Crippen LogP contribution in [0.2, 0.25) is 0 Å². The maximum Gasteiger partial charge on any atom is 0.315 e. The first kappa shape index (κ1) is 39.5. The summed E-state index contributed by atoms with van der Waals surface area (Å²) in [5, 5.41) is 11.4. The van der Waals surface area contributed by atoms with Crippen molar-refractivity contribution in [3.63, 3.8) is 0 Å². The zero-order chi connectivity index (χ0) is 36.8. The maximum absolute atomic E-state index is 14.5. The highest BCUT2D eigenvalue weighted by atomic mass is 32.2. The molecule has 7 atom stereocenters. The van der Waals surface area contributed by atoms with Crippen LogP contribution in [0.4, 0.5) is 4.79 Å². The molecule has 2 aliphatic heterocycles. The molecule has 12 nitrogen and oxygen atoms in total. The van der Waals surface area contributed by atoms with E-state index in [9.17, 15) is 28.2 Å². The minimum atomic E-state index is -1.16. The van der Waals surface area contributed by atoms with E-state index in [1.807, 2.05) is 25.1 Å². The lowest BCUT2D eigenvalue weighted by Crippen LogP contribution is -2.62.